The van der Waals surface area contributed by atoms with E-state index in [0.717, 1.165) is 23.1 Å². The summed E-state index contributed by atoms with van der Waals surface area (Å²) in [5, 5.41) is 1.04. The Morgan fingerprint density at radius 2 is 2.04 bits per heavy atom. The molecule has 1 amide bonds. The lowest BCUT2D eigenvalue weighted by atomic mass is 10.2. The lowest BCUT2D eigenvalue weighted by Crippen LogP contribution is -2.31. The summed E-state index contributed by atoms with van der Waals surface area (Å²) in [6.45, 7) is 1.25. The molecule has 1 aliphatic rings. The van der Waals surface area contributed by atoms with E-state index in [9.17, 15) is 4.79 Å². The Balaban J connectivity index is 1.46. The molecular weight excluding hydrogens is 302 g/mol. The lowest BCUT2D eigenvalue weighted by molar-refractivity contribution is 0.0767. The van der Waals surface area contributed by atoms with Crippen LogP contribution in [0.5, 0.6) is 5.75 Å². The third kappa shape index (κ3) is 2.93. The maximum atomic E-state index is 12.7. The largest absolute Gasteiger partial charge is 0.487 e. The molecule has 3 heterocycles. The van der Waals surface area contributed by atoms with Gasteiger partial charge in [-0.3, -0.25) is 9.78 Å². The second-order valence-corrected chi connectivity index (χ2v) is 5.86. The second-order valence-electron chi connectivity index (χ2n) is 5.86. The number of likely N-dealkylation sites (tertiary alicyclic amines) is 1. The van der Waals surface area contributed by atoms with Crippen molar-refractivity contribution in [3.8, 4) is 5.75 Å². The minimum absolute atomic E-state index is 0.00129. The Morgan fingerprint density at radius 3 is 2.92 bits per heavy atom. The number of fused-ring (bicyclic) bond motifs is 1. The van der Waals surface area contributed by atoms with Gasteiger partial charge in [0.1, 0.15) is 17.5 Å². The highest BCUT2D eigenvalue weighted by Gasteiger charge is 2.29. The average molecular weight is 319 g/mol. The van der Waals surface area contributed by atoms with Crippen LogP contribution in [0.2, 0.25) is 0 Å². The fourth-order valence-electron chi connectivity index (χ4n) is 2.97. The molecule has 24 heavy (non-hydrogen) atoms. The van der Waals surface area contributed by atoms with Gasteiger partial charge in [-0.2, -0.15) is 0 Å². The highest BCUT2D eigenvalue weighted by Crippen LogP contribution is 2.20. The van der Waals surface area contributed by atoms with Crippen molar-refractivity contribution in [1.29, 1.82) is 0 Å². The molecule has 1 atom stereocenters. The summed E-state index contributed by atoms with van der Waals surface area (Å²) in [7, 11) is 0. The smallest absolute Gasteiger partial charge is 0.272 e. The first-order chi connectivity index (χ1) is 11.8. The van der Waals surface area contributed by atoms with E-state index in [1.807, 2.05) is 42.5 Å². The first-order valence-corrected chi connectivity index (χ1v) is 8.01. The van der Waals surface area contributed by atoms with Crippen molar-refractivity contribution in [3.05, 3.63) is 66.6 Å². The van der Waals surface area contributed by atoms with Crippen molar-refractivity contribution >= 4 is 16.8 Å². The number of carbonyl (C=O) groups is 1. The van der Waals surface area contributed by atoms with Gasteiger partial charge in [-0.1, -0.05) is 24.3 Å². The molecule has 1 aliphatic heterocycles. The van der Waals surface area contributed by atoms with Gasteiger partial charge in [-0.05, 0) is 24.3 Å². The molecule has 4 rings (SSSR count). The zero-order chi connectivity index (χ0) is 16.4. The molecule has 0 radical (unpaired) electrons. The molecule has 5 nitrogen and oxygen atoms in total. The molecule has 120 valence electrons. The van der Waals surface area contributed by atoms with Gasteiger partial charge in [0.05, 0.1) is 18.3 Å². The standard InChI is InChI=1S/C19H17N3O2/c23-19(18-8-7-14-4-1-2-6-17(14)21-18)22-11-9-16(13-22)24-15-5-3-10-20-12-15/h1-8,10,12,16H,9,11,13H2. The average Bonchev–Trinajstić information content (AvgIpc) is 3.10. The van der Waals surface area contributed by atoms with Crippen molar-refractivity contribution in [2.24, 2.45) is 0 Å². The molecule has 0 aliphatic carbocycles. The van der Waals surface area contributed by atoms with Gasteiger partial charge >= 0.3 is 0 Å². The third-order valence-corrected chi connectivity index (χ3v) is 4.19. The number of aromatic nitrogens is 2. The van der Waals surface area contributed by atoms with Crippen LogP contribution < -0.4 is 4.74 Å². The van der Waals surface area contributed by atoms with Crippen LogP contribution in [0.1, 0.15) is 16.9 Å². The van der Waals surface area contributed by atoms with Crippen LogP contribution in [0.25, 0.3) is 10.9 Å². The molecule has 1 saturated heterocycles. The number of rotatable bonds is 3. The van der Waals surface area contributed by atoms with E-state index >= 15 is 0 Å². The van der Waals surface area contributed by atoms with E-state index in [2.05, 4.69) is 9.97 Å². The summed E-state index contributed by atoms with van der Waals surface area (Å²) in [6.07, 6.45) is 4.21. The summed E-state index contributed by atoms with van der Waals surface area (Å²) in [5.41, 5.74) is 1.32. The first kappa shape index (κ1) is 14.6. The second kappa shape index (κ2) is 6.28. The number of pyridine rings is 2. The minimum atomic E-state index is -0.0435. The number of hydrogen-bond donors (Lipinski definition) is 0. The Morgan fingerprint density at radius 1 is 1.12 bits per heavy atom. The van der Waals surface area contributed by atoms with E-state index in [-0.39, 0.29) is 12.0 Å². The van der Waals surface area contributed by atoms with Crippen LogP contribution >= 0.6 is 0 Å². The SMILES string of the molecule is O=C(c1ccc2ccccc2n1)N1CCC(Oc2cccnc2)C1. The van der Waals surface area contributed by atoms with Crippen LogP contribution in [0.4, 0.5) is 0 Å². The van der Waals surface area contributed by atoms with Gasteiger partial charge in [-0.25, -0.2) is 4.98 Å². The maximum Gasteiger partial charge on any atom is 0.272 e. The summed E-state index contributed by atoms with van der Waals surface area (Å²) in [5.74, 6) is 0.693. The number of amides is 1. The van der Waals surface area contributed by atoms with Crippen molar-refractivity contribution in [1.82, 2.24) is 14.9 Å². The number of carbonyl (C=O) groups excluding carboxylic acids is 1. The molecule has 1 fully saturated rings. The predicted molar refractivity (Wildman–Crippen MR) is 90.9 cm³/mol. The number of ether oxygens (including phenoxy) is 1. The van der Waals surface area contributed by atoms with Crippen LogP contribution in [0, 0.1) is 0 Å². The van der Waals surface area contributed by atoms with E-state index in [4.69, 9.17) is 4.74 Å². The third-order valence-electron chi connectivity index (χ3n) is 4.19. The Bertz CT molecular complexity index is 867. The van der Waals surface area contributed by atoms with Crippen LogP contribution in [0.3, 0.4) is 0 Å². The summed E-state index contributed by atoms with van der Waals surface area (Å²) in [6, 6.07) is 15.3. The topological polar surface area (TPSA) is 55.3 Å². The Hall–Kier alpha value is -2.95. The van der Waals surface area contributed by atoms with Gasteiger partial charge in [0.2, 0.25) is 0 Å². The monoisotopic (exact) mass is 319 g/mol. The minimum Gasteiger partial charge on any atom is -0.487 e. The number of hydrogen-bond acceptors (Lipinski definition) is 4. The first-order valence-electron chi connectivity index (χ1n) is 8.01. The highest BCUT2D eigenvalue weighted by atomic mass is 16.5. The van der Waals surface area contributed by atoms with Crippen LogP contribution in [-0.2, 0) is 0 Å². The van der Waals surface area contributed by atoms with Gasteiger partial charge in [0, 0.05) is 24.5 Å². The molecule has 2 aromatic heterocycles. The molecule has 1 aromatic carbocycles. The summed E-state index contributed by atoms with van der Waals surface area (Å²) < 4.78 is 5.89. The highest BCUT2D eigenvalue weighted by molar-refractivity contribution is 5.95. The summed E-state index contributed by atoms with van der Waals surface area (Å²) >= 11 is 0. The van der Waals surface area contributed by atoms with Crippen molar-refractivity contribution in [2.45, 2.75) is 12.5 Å². The number of nitrogens with zero attached hydrogens (tertiary/aromatic N) is 3. The zero-order valence-corrected chi connectivity index (χ0v) is 13.1. The fraction of sp³-hybridized carbons (Fsp3) is 0.211. The maximum absolute atomic E-state index is 12.7. The summed E-state index contributed by atoms with van der Waals surface area (Å²) in [4.78, 5) is 23.0. The molecular formula is C19H17N3O2. The molecule has 0 spiro atoms. The zero-order valence-electron chi connectivity index (χ0n) is 13.1. The molecule has 3 aromatic rings. The molecule has 5 heteroatoms. The quantitative estimate of drug-likeness (QED) is 0.745. The number of para-hydroxylation sites is 1. The fourth-order valence-corrected chi connectivity index (χ4v) is 2.97. The Kier molecular flexibility index (Phi) is 3.83. The van der Waals surface area contributed by atoms with Gasteiger partial charge in [-0.15, -0.1) is 0 Å². The molecule has 0 N–H and O–H groups in total. The molecule has 0 bridgehead atoms. The van der Waals surface area contributed by atoms with Crippen molar-refractivity contribution in [2.75, 3.05) is 13.1 Å². The van der Waals surface area contributed by atoms with Crippen LogP contribution in [0.15, 0.2) is 60.9 Å². The van der Waals surface area contributed by atoms with Gasteiger partial charge in [0.15, 0.2) is 0 Å². The van der Waals surface area contributed by atoms with E-state index in [1.165, 1.54) is 0 Å². The van der Waals surface area contributed by atoms with Gasteiger partial charge < -0.3 is 9.64 Å². The van der Waals surface area contributed by atoms with E-state index < -0.39 is 0 Å². The predicted octanol–water partition coefficient (Wildman–Crippen LogP) is 2.92. The van der Waals surface area contributed by atoms with E-state index in [0.29, 0.717) is 18.8 Å². The van der Waals surface area contributed by atoms with Crippen molar-refractivity contribution < 1.29 is 9.53 Å². The van der Waals surface area contributed by atoms with Gasteiger partial charge in [0.25, 0.3) is 5.91 Å². The number of benzene rings is 1. The van der Waals surface area contributed by atoms with E-state index in [1.54, 1.807) is 23.4 Å². The van der Waals surface area contributed by atoms with Crippen LogP contribution in [-0.4, -0.2) is 40.0 Å². The lowest BCUT2D eigenvalue weighted by Gasteiger charge is -2.17. The normalized spacial score (nSPS) is 17.2. The molecule has 0 saturated carbocycles. The van der Waals surface area contributed by atoms with Crippen molar-refractivity contribution in [3.63, 3.8) is 0 Å². The Labute approximate surface area is 139 Å². The molecule has 1 unspecified atom stereocenters.